The molecule has 3 aromatic rings. The number of ether oxygens (including phenoxy) is 3. The Hall–Kier alpha value is -3.54. The summed E-state index contributed by atoms with van der Waals surface area (Å²) in [7, 11) is 1.67. The van der Waals surface area contributed by atoms with Gasteiger partial charge in [-0.05, 0) is 42.0 Å². The van der Waals surface area contributed by atoms with Crippen molar-refractivity contribution in [3.05, 3.63) is 65.7 Å². The monoisotopic (exact) mass is 445 g/mol. The van der Waals surface area contributed by atoms with Crippen LogP contribution in [-0.4, -0.2) is 54.5 Å². The molecule has 0 bridgehead atoms. The van der Waals surface area contributed by atoms with Crippen LogP contribution in [0.5, 0.6) is 5.75 Å². The summed E-state index contributed by atoms with van der Waals surface area (Å²) in [6.45, 7) is 2.68. The molecule has 0 unspecified atom stereocenters. The largest absolute Gasteiger partial charge is 0.489 e. The van der Waals surface area contributed by atoms with Gasteiger partial charge >= 0.3 is 0 Å². The summed E-state index contributed by atoms with van der Waals surface area (Å²) in [6, 6.07) is 13.7. The van der Waals surface area contributed by atoms with Crippen LogP contribution in [0.15, 0.2) is 48.8 Å². The maximum Gasteiger partial charge on any atom is 0.137 e. The molecular weight excluding hydrogens is 418 g/mol. The first-order chi connectivity index (χ1) is 16.2. The van der Waals surface area contributed by atoms with Crippen LogP contribution in [0.25, 0.3) is 11.3 Å². The first-order valence-electron chi connectivity index (χ1n) is 11.0. The van der Waals surface area contributed by atoms with Gasteiger partial charge in [-0.25, -0.2) is 15.0 Å². The van der Waals surface area contributed by atoms with Gasteiger partial charge in [0, 0.05) is 50.9 Å². The van der Waals surface area contributed by atoms with E-state index in [1.54, 1.807) is 19.5 Å². The lowest BCUT2D eigenvalue weighted by Crippen LogP contribution is -2.26. The van der Waals surface area contributed by atoms with Crippen molar-refractivity contribution in [3.8, 4) is 23.1 Å². The van der Waals surface area contributed by atoms with E-state index in [2.05, 4.69) is 21.4 Å². The number of pyridine rings is 1. The molecule has 4 rings (SSSR count). The molecule has 0 atom stereocenters. The highest BCUT2D eigenvalue weighted by molar-refractivity contribution is 5.64. The van der Waals surface area contributed by atoms with Crippen LogP contribution in [0.3, 0.4) is 0 Å². The van der Waals surface area contributed by atoms with Gasteiger partial charge in [-0.3, -0.25) is 0 Å². The molecule has 1 fully saturated rings. The summed E-state index contributed by atoms with van der Waals surface area (Å²) in [6.07, 6.45) is 5.84. The first-order valence-corrected chi connectivity index (χ1v) is 11.0. The number of hydrogen-bond donors (Lipinski definition) is 1. The fourth-order valence-corrected chi connectivity index (χ4v) is 3.64. The number of anilines is 1. The molecule has 1 aliphatic heterocycles. The SMILES string of the molecule is COCCNc1cc(Cc2nccc(-c3ccc(OC4CCOCC4)c(C#N)c3)n2)ccn1. The lowest BCUT2D eigenvalue weighted by molar-refractivity contribution is 0.0254. The predicted octanol–water partition coefficient (Wildman–Crippen LogP) is 3.62. The molecule has 0 aliphatic carbocycles. The fourth-order valence-electron chi connectivity index (χ4n) is 3.64. The van der Waals surface area contributed by atoms with Gasteiger partial charge in [0.1, 0.15) is 29.6 Å². The van der Waals surface area contributed by atoms with Crippen molar-refractivity contribution in [1.29, 1.82) is 5.26 Å². The smallest absolute Gasteiger partial charge is 0.137 e. The van der Waals surface area contributed by atoms with E-state index in [1.807, 2.05) is 36.4 Å². The van der Waals surface area contributed by atoms with Gasteiger partial charge in [-0.15, -0.1) is 0 Å². The van der Waals surface area contributed by atoms with E-state index in [1.165, 1.54) is 0 Å². The molecule has 1 aliphatic rings. The fraction of sp³-hybridized carbons (Fsp3) is 0.360. The van der Waals surface area contributed by atoms with Crippen LogP contribution in [-0.2, 0) is 15.9 Å². The Kier molecular flexibility index (Phi) is 7.80. The molecule has 0 spiro atoms. The van der Waals surface area contributed by atoms with E-state index in [-0.39, 0.29) is 6.10 Å². The lowest BCUT2D eigenvalue weighted by Gasteiger charge is -2.23. The number of methoxy groups -OCH3 is 1. The third kappa shape index (κ3) is 6.25. The molecule has 0 amide bonds. The molecule has 1 N–H and O–H groups in total. The number of rotatable bonds is 9. The van der Waals surface area contributed by atoms with Gasteiger partial charge in [-0.1, -0.05) is 0 Å². The molecule has 8 nitrogen and oxygen atoms in total. The summed E-state index contributed by atoms with van der Waals surface area (Å²) < 4.78 is 16.5. The number of hydrogen-bond acceptors (Lipinski definition) is 8. The van der Waals surface area contributed by atoms with Crippen LogP contribution < -0.4 is 10.1 Å². The van der Waals surface area contributed by atoms with Gasteiger partial charge in [0.25, 0.3) is 0 Å². The maximum atomic E-state index is 9.66. The summed E-state index contributed by atoms with van der Waals surface area (Å²) in [5.41, 5.74) is 3.17. The zero-order valence-electron chi connectivity index (χ0n) is 18.7. The Balaban J connectivity index is 1.48. The lowest BCUT2D eigenvalue weighted by atomic mass is 10.1. The normalized spacial score (nSPS) is 13.9. The van der Waals surface area contributed by atoms with Crippen molar-refractivity contribution in [2.24, 2.45) is 0 Å². The summed E-state index contributed by atoms with van der Waals surface area (Å²) >= 11 is 0. The third-order valence-electron chi connectivity index (χ3n) is 5.36. The minimum absolute atomic E-state index is 0.0802. The first kappa shape index (κ1) is 22.6. The van der Waals surface area contributed by atoms with Gasteiger partial charge in [0.05, 0.1) is 31.1 Å². The van der Waals surface area contributed by atoms with Gasteiger partial charge in [0.2, 0.25) is 0 Å². The zero-order chi connectivity index (χ0) is 22.9. The molecule has 2 aromatic heterocycles. The average molecular weight is 446 g/mol. The Morgan fingerprint density at radius 2 is 1.97 bits per heavy atom. The maximum absolute atomic E-state index is 9.66. The highest BCUT2D eigenvalue weighted by Gasteiger charge is 2.17. The molecule has 33 heavy (non-hydrogen) atoms. The van der Waals surface area contributed by atoms with Crippen LogP contribution in [0.1, 0.15) is 29.8 Å². The van der Waals surface area contributed by atoms with Crippen LogP contribution in [0, 0.1) is 11.3 Å². The number of nitriles is 1. The summed E-state index contributed by atoms with van der Waals surface area (Å²) in [5.74, 6) is 2.09. The van der Waals surface area contributed by atoms with Crippen molar-refractivity contribution in [2.45, 2.75) is 25.4 Å². The number of nitrogens with one attached hydrogen (secondary N) is 1. The summed E-state index contributed by atoms with van der Waals surface area (Å²) in [4.78, 5) is 13.5. The quantitative estimate of drug-likeness (QED) is 0.498. The Morgan fingerprint density at radius 1 is 1.12 bits per heavy atom. The summed E-state index contributed by atoms with van der Waals surface area (Å²) in [5, 5.41) is 12.9. The molecular formula is C25H27N5O3. The van der Waals surface area contributed by atoms with E-state index in [0.717, 1.165) is 35.5 Å². The highest BCUT2D eigenvalue weighted by atomic mass is 16.5. The Labute approximate surface area is 193 Å². The Bertz CT molecular complexity index is 1110. The van der Waals surface area contributed by atoms with Crippen LogP contribution in [0.4, 0.5) is 5.82 Å². The molecule has 0 radical (unpaired) electrons. The van der Waals surface area contributed by atoms with E-state index in [9.17, 15) is 5.26 Å². The van der Waals surface area contributed by atoms with Crippen molar-refractivity contribution < 1.29 is 14.2 Å². The van der Waals surface area contributed by atoms with Crippen molar-refractivity contribution in [3.63, 3.8) is 0 Å². The third-order valence-corrected chi connectivity index (χ3v) is 5.36. The Morgan fingerprint density at radius 3 is 2.79 bits per heavy atom. The second-order valence-corrected chi connectivity index (χ2v) is 7.76. The van der Waals surface area contributed by atoms with Crippen molar-refractivity contribution >= 4 is 5.82 Å². The molecule has 3 heterocycles. The van der Waals surface area contributed by atoms with Gasteiger partial charge in [-0.2, -0.15) is 5.26 Å². The van der Waals surface area contributed by atoms with E-state index in [4.69, 9.17) is 19.2 Å². The minimum Gasteiger partial charge on any atom is -0.489 e. The highest BCUT2D eigenvalue weighted by Crippen LogP contribution is 2.27. The number of nitrogens with zero attached hydrogens (tertiary/aromatic N) is 4. The predicted molar refractivity (Wildman–Crippen MR) is 124 cm³/mol. The van der Waals surface area contributed by atoms with E-state index >= 15 is 0 Å². The standard InChI is InChI=1S/C25H27N5O3/c1-31-13-10-29-24-14-18(4-8-27-24)15-25-28-9-5-22(30-25)19-2-3-23(20(16-19)17-26)33-21-6-11-32-12-7-21/h2-5,8-9,14,16,21H,6-7,10-13,15H2,1H3,(H,27,29). The number of aromatic nitrogens is 3. The second-order valence-electron chi connectivity index (χ2n) is 7.76. The van der Waals surface area contributed by atoms with Gasteiger partial charge < -0.3 is 19.5 Å². The minimum atomic E-state index is 0.0802. The topological polar surface area (TPSA) is 102 Å². The van der Waals surface area contributed by atoms with E-state index < -0.39 is 0 Å². The average Bonchev–Trinajstić information content (AvgIpc) is 2.85. The molecule has 170 valence electrons. The molecule has 8 heteroatoms. The van der Waals surface area contributed by atoms with Crippen molar-refractivity contribution in [2.75, 3.05) is 38.8 Å². The number of benzene rings is 1. The second kappa shape index (κ2) is 11.4. The molecule has 1 aromatic carbocycles. The van der Waals surface area contributed by atoms with Crippen LogP contribution >= 0.6 is 0 Å². The van der Waals surface area contributed by atoms with Gasteiger partial charge in [0.15, 0.2) is 0 Å². The molecule has 0 saturated carbocycles. The van der Waals surface area contributed by atoms with E-state index in [0.29, 0.717) is 49.9 Å². The van der Waals surface area contributed by atoms with Crippen molar-refractivity contribution in [1.82, 2.24) is 15.0 Å². The van der Waals surface area contributed by atoms with Crippen LogP contribution in [0.2, 0.25) is 0 Å². The zero-order valence-corrected chi connectivity index (χ0v) is 18.7. The molecule has 1 saturated heterocycles.